The average Bonchev–Trinajstić information content (AvgIpc) is 2.72. The summed E-state index contributed by atoms with van der Waals surface area (Å²) in [5.41, 5.74) is 5.22. The quantitative estimate of drug-likeness (QED) is 0.836. The van der Waals surface area contributed by atoms with Crippen LogP contribution in [0.4, 0.5) is 0 Å². The highest BCUT2D eigenvalue weighted by atomic mass is 35.5. The predicted octanol–water partition coefficient (Wildman–Crippen LogP) is 1.58. The number of nitrogens with one attached hydrogen (secondary N) is 1. The second-order valence-corrected chi connectivity index (χ2v) is 7.60. The molecule has 1 rings (SSSR count). The maximum Gasteiger partial charge on any atom is 0.250 e. The molecular formula is C10H15ClN2O3S2. The van der Waals surface area contributed by atoms with Crippen molar-refractivity contribution in [2.24, 2.45) is 11.7 Å². The summed E-state index contributed by atoms with van der Waals surface area (Å²) >= 11 is 6.62. The molecule has 1 aromatic heterocycles. The van der Waals surface area contributed by atoms with Crippen molar-refractivity contribution in [3.63, 3.8) is 0 Å². The van der Waals surface area contributed by atoms with Crippen LogP contribution in [0.1, 0.15) is 20.3 Å². The number of halogens is 1. The van der Waals surface area contributed by atoms with Crippen LogP contribution in [0.25, 0.3) is 0 Å². The summed E-state index contributed by atoms with van der Waals surface area (Å²) in [4.78, 5) is 11.3. The van der Waals surface area contributed by atoms with Gasteiger partial charge in [0.15, 0.2) is 0 Å². The van der Waals surface area contributed by atoms with E-state index < -0.39 is 22.0 Å². The summed E-state index contributed by atoms with van der Waals surface area (Å²) < 4.78 is 26.8. The van der Waals surface area contributed by atoms with Crippen LogP contribution >= 0.6 is 22.9 Å². The lowest BCUT2D eigenvalue weighted by atomic mass is 10.00. The molecule has 2 atom stereocenters. The minimum Gasteiger partial charge on any atom is -0.368 e. The molecule has 8 heteroatoms. The molecule has 0 aliphatic carbocycles. The van der Waals surface area contributed by atoms with E-state index in [0.29, 0.717) is 10.8 Å². The Balaban J connectivity index is 2.96. The van der Waals surface area contributed by atoms with Crippen molar-refractivity contribution >= 4 is 38.9 Å². The Hall–Kier alpha value is -0.630. The Morgan fingerprint density at radius 1 is 1.56 bits per heavy atom. The molecule has 0 aliphatic rings. The molecule has 2 unspecified atom stereocenters. The van der Waals surface area contributed by atoms with Crippen LogP contribution in [0.15, 0.2) is 16.3 Å². The highest BCUT2D eigenvalue weighted by Crippen LogP contribution is 2.26. The van der Waals surface area contributed by atoms with E-state index in [1.165, 1.54) is 12.1 Å². The Morgan fingerprint density at radius 3 is 2.56 bits per heavy atom. The van der Waals surface area contributed by atoms with Crippen LogP contribution in [0, 0.1) is 5.92 Å². The predicted molar refractivity (Wildman–Crippen MR) is 72.1 cm³/mol. The van der Waals surface area contributed by atoms with E-state index in [9.17, 15) is 13.2 Å². The number of thiophene rings is 1. The molecule has 0 fully saturated rings. The van der Waals surface area contributed by atoms with Crippen LogP contribution < -0.4 is 10.5 Å². The van der Waals surface area contributed by atoms with E-state index in [1.807, 2.05) is 6.92 Å². The van der Waals surface area contributed by atoms with Crippen LogP contribution in [-0.2, 0) is 14.8 Å². The largest absolute Gasteiger partial charge is 0.368 e. The van der Waals surface area contributed by atoms with Gasteiger partial charge in [0.05, 0.1) is 4.34 Å². The van der Waals surface area contributed by atoms with Crippen molar-refractivity contribution in [2.75, 3.05) is 0 Å². The van der Waals surface area contributed by atoms with Gasteiger partial charge < -0.3 is 5.73 Å². The van der Waals surface area contributed by atoms with Gasteiger partial charge in [-0.25, -0.2) is 8.42 Å². The second-order valence-electron chi connectivity index (χ2n) is 3.95. The number of nitrogens with two attached hydrogens (primary N) is 1. The Labute approximate surface area is 115 Å². The third kappa shape index (κ3) is 3.68. The molecule has 0 radical (unpaired) electrons. The molecule has 1 aromatic rings. The van der Waals surface area contributed by atoms with Crippen molar-refractivity contribution in [2.45, 2.75) is 30.5 Å². The lowest BCUT2D eigenvalue weighted by Crippen LogP contribution is -2.48. The smallest absolute Gasteiger partial charge is 0.250 e. The average molecular weight is 311 g/mol. The van der Waals surface area contributed by atoms with Gasteiger partial charge in [-0.2, -0.15) is 4.72 Å². The molecule has 0 saturated heterocycles. The monoisotopic (exact) mass is 310 g/mol. The molecule has 1 heterocycles. The van der Waals surface area contributed by atoms with Crippen LogP contribution in [0.5, 0.6) is 0 Å². The van der Waals surface area contributed by atoms with Crippen LogP contribution in [0.3, 0.4) is 0 Å². The van der Waals surface area contributed by atoms with Crippen LogP contribution in [0.2, 0.25) is 4.34 Å². The number of carbonyl (C=O) groups excluding carboxylic acids is 1. The standard InChI is InChI=1S/C10H15ClN2O3S2/c1-3-6(2)9(10(12)14)13-18(15,16)8-5-4-7(11)17-8/h4-6,9,13H,3H2,1-2H3,(H2,12,14). The van der Waals surface area contributed by atoms with Gasteiger partial charge in [0.2, 0.25) is 5.91 Å². The minimum absolute atomic E-state index is 0.0713. The second kappa shape index (κ2) is 6.01. The number of sulfonamides is 1. The summed E-state index contributed by atoms with van der Waals surface area (Å²) in [7, 11) is -3.76. The SMILES string of the molecule is CCC(C)C(NS(=O)(=O)c1ccc(Cl)s1)C(N)=O. The normalized spacial score (nSPS) is 15.3. The number of hydrogen-bond donors (Lipinski definition) is 2. The molecule has 1 amide bonds. The fraction of sp³-hybridized carbons (Fsp3) is 0.500. The van der Waals surface area contributed by atoms with Crippen LogP contribution in [-0.4, -0.2) is 20.4 Å². The molecule has 0 aliphatic heterocycles. The summed E-state index contributed by atoms with van der Waals surface area (Å²) in [5.74, 6) is -0.858. The Morgan fingerprint density at radius 2 is 2.17 bits per heavy atom. The van der Waals surface area contributed by atoms with E-state index in [0.717, 1.165) is 11.3 Å². The first kappa shape index (κ1) is 15.4. The van der Waals surface area contributed by atoms with Gasteiger partial charge in [0.1, 0.15) is 10.3 Å². The summed E-state index contributed by atoms with van der Waals surface area (Å²) in [6.45, 7) is 3.62. The molecule has 0 saturated carbocycles. The first-order chi connectivity index (χ1) is 8.27. The minimum atomic E-state index is -3.76. The number of rotatable bonds is 6. The summed E-state index contributed by atoms with van der Waals surface area (Å²) in [6, 6.07) is 1.97. The van der Waals surface area contributed by atoms with Gasteiger partial charge in [0.25, 0.3) is 10.0 Å². The number of primary amides is 1. The Kier molecular flexibility index (Phi) is 5.15. The van der Waals surface area contributed by atoms with Gasteiger partial charge in [-0.3, -0.25) is 4.79 Å². The van der Waals surface area contributed by atoms with Gasteiger partial charge in [-0.1, -0.05) is 31.9 Å². The van der Waals surface area contributed by atoms with Crippen molar-refractivity contribution in [1.82, 2.24) is 4.72 Å². The van der Waals surface area contributed by atoms with E-state index >= 15 is 0 Å². The zero-order valence-electron chi connectivity index (χ0n) is 10.0. The molecule has 3 N–H and O–H groups in total. The number of carbonyl (C=O) groups is 1. The van der Waals surface area contributed by atoms with E-state index in [1.54, 1.807) is 6.92 Å². The topological polar surface area (TPSA) is 89.3 Å². The lowest BCUT2D eigenvalue weighted by molar-refractivity contribution is -0.120. The summed E-state index contributed by atoms with van der Waals surface area (Å²) in [6.07, 6.45) is 0.640. The number of hydrogen-bond acceptors (Lipinski definition) is 4. The van der Waals surface area contributed by atoms with Crippen molar-refractivity contribution < 1.29 is 13.2 Å². The highest BCUT2D eigenvalue weighted by molar-refractivity contribution is 7.91. The fourth-order valence-corrected chi connectivity index (χ4v) is 4.17. The zero-order valence-corrected chi connectivity index (χ0v) is 12.4. The summed E-state index contributed by atoms with van der Waals surface area (Å²) in [5, 5.41) is 0. The molecule has 0 spiro atoms. The van der Waals surface area contributed by atoms with Gasteiger partial charge in [0, 0.05) is 0 Å². The van der Waals surface area contributed by atoms with Crippen molar-refractivity contribution in [1.29, 1.82) is 0 Å². The van der Waals surface area contributed by atoms with E-state index in [2.05, 4.69) is 4.72 Å². The molecule has 102 valence electrons. The van der Waals surface area contributed by atoms with Gasteiger partial charge in [-0.05, 0) is 18.1 Å². The highest BCUT2D eigenvalue weighted by Gasteiger charge is 2.28. The maximum absolute atomic E-state index is 12.0. The molecule has 5 nitrogen and oxygen atoms in total. The van der Waals surface area contributed by atoms with Gasteiger partial charge >= 0.3 is 0 Å². The molecule has 18 heavy (non-hydrogen) atoms. The van der Waals surface area contributed by atoms with E-state index in [-0.39, 0.29) is 10.1 Å². The number of amides is 1. The third-order valence-electron chi connectivity index (χ3n) is 2.62. The van der Waals surface area contributed by atoms with E-state index in [4.69, 9.17) is 17.3 Å². The maximum atomic E-state index is 12.0. The Bertz CT molecular complexity index is 527. The zero-order chi connectivity index (χ0) is 13.9. The molecular weight excluding hydrogens is 296 g/mol. The lowest BCUT2D eigenvalue weighted by Gasteiger charge is -2.20. The van der Waals surface area contributed by atoms with Crippen molar-refractivity contribution in [3.8, 4) is 0 Å². The molecule has 0 aromatic carbocycles. The first-order valence-electron chi connectivity index (χ1n) is 5.35. The van der Waals surface area contributed by atoms with Gasteiger partial charge in [-0.15, -0.1) is 11.3 Å². The first-order valence-corrected chi connectivity index (χ1v) is 8.02. The van der Waals surface area contributed by atoms with Crippen molar-refractivity contribution in [3.05, 3.63) is 16.5 Å². The molecule has 0 bridgehead atoms. The third-order valence-corrected chi connectivity index (χ3v) is 5.78. The fourth-order valence-electron chi connectivity index (χ4n) is 1.36.